The highest BCUT2D eigenvalue weighted by molar-refractivity contribution is 6.05. The highest BCUT2D eigenvalue weighted by Crippen LogP contribution is 2.54. The highest BCUT2D eigenvalue weighted by Gasteiger charge is 2.51. The topological polar surface area (TPSA) is 32.0 Å². The van der Waals surface area contributed by atoms with Crippen molar-refractivity contribution in [3.05, 3.63) is 264 Å². The Kier molecular flexibility index (Phi) is 11.7. The smallest absolute Gasteiger partial charge is 0.210 e. The number of allylic oxidation sites excluding steroid dienone is 14. The monoisotopic (exact) mass is 843 g/mol. The molecule has 0 bridgehead atoms. The number of hydrogen-bond donors (Lipinski definition) is 0. The zero-order chi connectivity index (χ0) is 44.1. The molecule has 5 aromatic carbocycles. The van der Waals surface area contributed by atoms with E-state index in [4.69, 9.17) is 9.97 Å². The van der Waals surface area contributed by atoms with E-state index >= 15 is 0 Å². The van der Waals surface area contributed by atoms with E-state index in [0.717, 1.165) is 48.5 Å². The first kappa shape index (κ1) is 41.6. The van der Waals surface area contributed by atoms with Gasteiger partial charge in [-0.05, 0) is 96.7 Å². The summed E-state index contributed by atoms with van der Waals surface area (Å²) in [7, 11) is 4.46. The molecule has 4 heterocycles. The molecule has 65 heavy (non-hydrogen) atoms. The first-order valence-electron chi connectivity index (χ1n) is 23.0. The quantitative estimate of drug-likeness (QED) is 0.0856. The van der Waals surface area contributed by atoms with Crippen molar-refractivity contribution < 1.29 is 4.58 Å². The molecule has 2 aliphatic heterocycles. The van der Waals surface area contributed by atoms with Crippen LogP contribution >= 0.6 is 0 Å². The van der Waals surface area contributed by atoms with Crippen LogP contribution < -0.4 is 4.90 Å². The third-order valence-electron chi connectivity index (χ3n) is 13.8. The predicted molar refractivity (Wildman–Crippen MR) is 272 cm³/mol. The van der Waals surface area contributed by atoms with Crippen molar-refractivity contribution in [3.63, 3.8) is 0 Å². The highest BCUT2D eigenvalue weighted by atomic mass is 15.2. The Hall–Kier alpha value is -7.43. The van der Waals surface area contributed by atoms with Crippen molar-refractivity contribution in [3.8, 4) is 0 Å². The van der Waals surface area contributed by atoms with E-state index in [-0.39, 0.29) is 10.8 Å². The molecule has 0 radical (unpaired) electrons. The summed E-state index contributed by atoms with van der Waals surface area (Å²) in [6, 6.07) is 50.6. The van der Waals surface area contributed by atoms with Gasteiger partial charge in [0, 0.05) is 64.7 Å². The summed E-state index contributed by atoms with van der Waals surface area (Å²) < 4.78 is 2.40. The number of rotatable bonds is 13. The molecule has 3 aliphatic rings. The minimum atomic E-state index is -0.301. The van der Waals surface area contributed by atoms with Crippen LogP contribution in [-0.4, -0.2) is 34.4 Å². The molecule has 2 atom stereocenters. The molecule has 0 spiro atoms. The molecule has 0 saturated heterocycles. The van der Waals surface area contributed by atoms with Gasteiger partial charge in [0.25, 0.3) is 0 Å². The lowest BCUT2D eigenvalue weighted by Gasteiger charge is -2.36. The van der Waals surface area contributed by atoms with Crippen molar-refractivity contribution in [1.29, 1.82) is 0 Å². The SMILES string of the molecule is CN1C(=CC=CC=CC=CC=CC2=[N+](C)c3cc4cccnc4cc3C2(Cc2ccccc2)Cc2ccccc2)C(Cc2ccccc2)(CC2C=CC=CC2)c2cc3ncccc3cc21. The molecule has 2 aromatic heterocycles. The molecular formula is C61H55N4+. The lowest BCUT2D eigenvalue weighted by Crippen LogP contribution is -2.39. The van der Waals surface area contributed by atoms with Gasteiger partial charge in [-0.15, -0.1) is 0 Å². The summed E-state index contributed by atoms with van der Waals surface area (Å²) in [6.07, 6.45) is 37.4. The molecule has 0 fully saturated rings. The number of fused-ring (bicyclic) bond motifs is 4. The summed E-state index contributed by atoms with van der Waals surface area (Å²) in [5.41, 5.74) is 13.3. The van der Waals surface area contributed by atoms with E-state index in [1.165, 1.54) is 56.0 Å². The predicted octanol–water partition coefficient (Wildman–Crippen LogP) is 13.5. The zero-order valence-corrected chi connectivity index (χ0v) is 37.3. The van der Waals surface area contributed by atoms with Gasteiger partial charge in [-0.2, -0.15) is 4.58 Å². The summed E-state index contributed by atoms with van der Waals surface area (Å²) in [5, 5.41) is 2.32. The van der Waals surface area contributed by atoms with Gasteiger partial charge < -0.3 is 4.90 Å². The first-order chi connectivity index (χ1) is 32.0. The molecule has 4 heteroatoms. The van der Waals surface area contributed by atoms with E-state index in [1.54, 1.807) is 0 Å². The molecule has 4 nitrogen and oxygen atoms in total. The molecule has 10 rings (SSSR count). The van der Waals surface area contributed by atoms with Crippen LogP contribution in [0.15, 0.2) is 237 Å². The van der Waals surface area contributed by atoms with E-state index < -0.39 is 0 Å². The number of benzene rings is 5. The Morgan fingerprint density at radius 2 is 1.15 bits per heavy atom. The minimum Gasteiger partial charge on any atom is -0.347 e. The Balaban J connectivity index is 0.958. The Bertz CT molecular complexity index is 3050. The number of pyridine rings is 2. The number of hydrogen-bond acceptors (Lipinski definition) is 3. The second kappa shape index (κ2) is 18.3. The van der Waals surface area contributed by atoms with Gasteiger partial charge in [0.1, 0.15) is 7.05 Å². The molecule has 0 amide bonds. The first-order valence-corrected chi connectivity index (χ1v) is 23.0. The number of aromatic nitrogens is 2. The fourth-order valence-electron chi connectivity index (χ4n) is 10.8. The van der Waals surface area contributed by atoms with Crippen LogP contribution in [0, 0.1) is 5.92 Å². The lowest BCUT2D eigenvalue weighted by molar-refractivity contribution is -0.401. The normalized spacial score (nSPS) is 19.6. The Morgan fingerprint density at radius 1 is 0.600 bits per heavy atom. The van der Waals surface area contributed by atoms with Crippen LogP contribution in [0.5, 0.6) is 0 Å². The zero-order valence-electron chi connectivity index (χ0n) is 37.3. The molecule has 7 aromatic rings. The van der Waals surface area contributed by atoms with Crippen LogP contribution in [0.4, 0.5) is 11.4 Å². The van der Waals surface area contributed by atoms with Crippen LogP contribution in [0.25, 0.3) is 21.8 Å². The van der Waals surface area contributed by atoms with Crippen LogP contribution in [0.2, 0.25) is 0 Å². The average molecular weight is 844 g/mol. The van der Waals surface area contributed by atoms with E-state index in [0.29, 0.717) is 5.92 Å². The minimum absolute atomic E-state index is 0.236. The summed E-state index contributed by atoms with van der Waals surface area (Å²) in [5.74, 6) is 0.433. The second-order valence-corrected chi connectivity index (χ2v) is 17.9. The molecule has 2 unspecified atom stereocenters. The van der Waals surface area contributed by atoms with Crippen molar-refractivity contribution in [2.24, 2.45) is 5.92 Å². The summed E-state index contributed by atoms with van der Waals surface area (Å²) >= 11 is 0. The molecule has 318 valence electrons. The van der Waals surface area contributed by atoms with Gasteiger partial charge in [0.2, 0.25) is 5.69 Å². The standard InChI is InChI=1S/C61H55N4/c1-64-56-38-50-32-22-36-62-54(50)40-52(56)60(42-46-24-12-8-13-25-46,43-47-26-14-9-15-27-47)58(64)34-20-6-4-3-5-7-21-35-59-61(44-48-28-16-10-17-29-48,45-49-30-18-11-19-31-49)53-41-55-51(33-23-37-63-55)39-57(53)65(59)2/h3-30,32-41,49H,31,42-45H2,1-2H3/q+1. The summed E-state index contributed by atoms with van der Waals surface area (Å²) in [4.78, 5) is 12.1. The maximum atomic E-state index is 4.83. The van der Waals surface area contributed by atoms with Crippen molar-refractivity contribution in [2.75, 3.05) is 19.0 Å². The van der Waals surface area contributed by atoms with Crippen LogP contribution in [-0.2, 0) is 30.1 Å². The third-order valence-corrected chi connectivity index (χ3v) is 13.8. The van der Waals surface area contributed by atoms with Crippen LogP contribution in [0.3, 0.4) is 0 Å². The Labute approximate surface area is 384 Å². The molecule has 0 N–H and O–H groups in total. The fraction of sp³-hybridized carbons (Fsp3) is 0.164. The molecule has 0 saturated carbocycles. The maximum Gasteiger partial charge on any atom is 0.210 e. The van der Waals surface area contributed by atoms with Gasteiger partial charge in [-0.25, -0.2) is 0 Å². The summed E-state index contributed by atoms with van der Waals surface area (Å²) in [6.45, 7) is 0. The average Bonchev–Trinajstić information content (AvgIpc) is 3.68. The second-order valence-electron chi connectivity index (χ2n) is 17.9. The van der Waals surface area contributed by atoms with Gasteiger partial charge in [-0.3, -0.25) is 9.97 Å². The largest absolute Gasteiger partial charge is 0.347 e. The van der Waals surface area contributed by atoms with E-state index in [1.807, 2.05) is 24.5 Å². The van der Waals surface area contributed by atoms with Gasteiger partial charge in [0.05, 0.1) is 16.4 Å². The van der Waals surface area contributed by atoms with Gasteiger partial charge in [0.15, 0.2) is 5.71 Å². The molecule has 1 aliphatic carbocycles. The number of anilines is 1. The van der Waals surface area contributed by atoms with Crippen molar-refractivity contribution >= 4 is 38.9 Å². The lowest BCUT2D eigenvalue weighted by atomic mass is 9.68. The molecular weight excluding hydrogens is 789 g/mol. The fourth-order valence-corrected chi connectivity index (χ4v) is 10.8. The van der Waals surface area contributed by atoms with E-state index in [2.05, 4.69) is 230 Å². The number of nitrogens with zero attached hydrogens (tertiary/aromatic N) is 4. The van der Waals surface area contributed by atoms with Gasteiger partial charge in [-0.1, -0.05) is 170 Å². The number of likely N-dealkylation sites (N-methyl/N-ethyl adjacent to an activating group) is 1. The Morgan fingerprint density at radius 3 is 1.75 bits per heavy atom. The van der Waals surface area contributed by atoms with Crippen molar-refractivity contribution in [2.45, 2.75) is 42.9 Å². The van der Waals surface area contributed by atoms with Crippen LogP contribution in [0.1, 0.15) is 40.7 Å². The maximum absolute atomic E-state index is 4.83. The third kappa shape index (κ3) is 8.29. The van der Waals surface area contributed by atoms with Crippen molar-refractivity contribution in [1.82, 2.24) is 9.97 Å². The van der Waals surface area contributed by atoms with E-state index in [9.17, 15) is 0 Å². The van der Waals surface area contributed by atoms with Gasteiger partial charge >= 0.3 is 0 Å².